The molecule has 3 aromatic rings. The first-order valence-corrected chi connectivity index (χ1v) is 11.4. The summed E-state index contributed by atoms with van der Waals surface area (Å²) in [6.07, 6.45) is 4.05. The minimum absolute atomic E-state index is 0.116. The highest BCUT2D eigenvalue weighted by molar-refractivity contribution is 5.92. The van der Waals surface area contributed by atoms with Gasteiger partial charge >= 0.3 is 23.9 Å². The Balaban J connectivity index is 1.55. The van der Waals surface area contributed by atoms with E-state index in [-0.39, 0.29) is 23.7 Å². The van der Waals surface area contributed by atoms with E-state index in [1.54, 1.807) is 24.3 Å². The van der Waals surface area contributed by atoms with Crippen molar-refractivity contribution in [1.82, 2.24) is 0 Å². The molecule has 192 valence electrons. The summed E-state index contributed by atoms with van der Waals surface area (Å²) in [6.45, 7) is 10.5. The second kappa shape index (κ2) is 13.2. The number of esters is 4. The molecule has 3 aromatic carbocycles. The van der Waals surface area contributed by atoms with Gasteiger partial charge in [0, 0.05) is 24.1 Å². The number of rotatable bonds is 11. The largest absolute Gasteiger partial charge is 0.462 e. The summed E-state index contributed by atoms with van der Waals surface area (Å²) in [7, 11) is 0. The van der Waals surface area contributed by atoms with Crippen molar-refractivity contribution >= 4 is 30.0 Å². The summed E-state index contributed by atoms with van der Waals surface area (Å²) in [6, 6.07) is 17.0. The van der Waals surface area contributed by atoms with Gasteiger partial charge in [-0.25, -0.2) is 19.2 Å². The van der Waals surface area contributed by atoms with Crippen molar-refractivity contribution in [2.24, 2.45) is 0 Å². The van der Waals surface area contributed by atoms with Crippen LogP contribution in [0.25, 0.3) is 6.08 Å². The zero-order valence-electron chi connectivity index (χ0n) is 20.4. The van der Waals surface area contributed by atoms with Crippen LogP contribution in [0, 0.1) is 0 Å². The van der Waals surface area contributed by atoms with Gasteiger partial charge in [-0.05, 0) is 66.2 Å². The van der Waals surface area contributed by atoms with Crippen molar-refractivity contribution in [3.63, 3.8) is 0 Å². The van der Waals surface area contributed by atoms with E-state index in [0.717, 1.165) is 17.7 Å². The van der Waals surface area contributed by atoms with Crippen molar-refractivity contribution in [1.29, 1.82) is 0 Å². The lowest BCUT2D eigenvalue weighted by molar-refractivity contribution is -0.129. The Morgan fingerprint density at radius 1 is 0.658 bits per heavy atom. The average Bonchev–Trinajstić information content (AvgIpc) is 2.94. The maximum Gasteiger partial charge on any atom is 0.343 e. The minimum Gasteiger partial charge on any atom is -0.462 e. The highest BCUT2D eigenvalue weighted by Gasteiger charge is 2.13. The van der Waals surface area contributed by atoms with E-state index in [4.69, 9.17) is 18.9 Å². The third-order valence-corrected chi connectivity index (χ3v) is 5.07. The second-order valence-corrected chi connectivity index (χ2v) is 7.65. The molecule has 0 fully saturated rings. The quantitative estimate of drug-likeness (QED) is 0.198. The highest BCUT2D eigenvalue weighted by Crippen LogP contribution is 2.24. The van der Waals surface area contributed by atoms with Crippen LogP contribution in [0.5, 0.6) is 17.2 Å². The van der Waals surface area contributed by atoms with Gasteiger partial charge in [0.2, 0.25) is 0 Å². The smallest absolute Gasteiger partial charge is 0.343 e. The maximum absolute atomic E-state index is 12.6. The van der Waals surface area contributed by atoms with Crippen LogP contribution in [0.4, 0.5) is 0 Å². The normalized spacial score (nSPS) is 10.0. The number of hydrogen-bond acceptors (Lipinski definition) is 8. The summed E-state index contributed by atoms with van der Waals surface area (Å²) < 4.78 is 20.8. The van der Waals surface area contributed by atoms with E-state index in [9.17, 15) is 19.2 Å². The molecular formula is C30H24O8. The number of carbonyl (C=O) groups excluding carboxylic acids is 4. The fourth-order valence-corrected chi connectivity index (χ4v) is 3.14. The fraction of sp³-hybridized carbons (Fsp3) is 0.0667. The van der Waals surface area contributed by atoms with E-state index in [1.807, 2.05) is 0 Å². The summed E-state index contributed by atoms with van der Waals surface area (Å²) in [5.41, 5.74) is 2.00. The zero-order valence-corrected chi connectivity index (χ0v) is 20.4. The number of benzene rings is 3. The molecular weight excluding hydrogens is 488 g/mol. The third kappa shape index (κ3) is 7.63. The Bertz CT molecular complexity index is 1370. The standard InChI is InChI=1S/C30H24O8/c1-4-21-19-20(17-18-35-29(33)22-8-12-24(13-9-22)36-27(31)5-2)7-16-26(21)38-30(34)23-10-14-25(15-11-23)37-28(32)6-3/h4-16,19H,1-3,17-18H2. The molecule has 0 saturated carbocycles. The average molecular weight is 513 g/mol. The predicted molar refractivity (Wildman–Crippen MR) is 140 cm³/mol. The van der Waals surface area contributed by atoms with Gasteiger partial charge in [0.05, 0.1) is 17.7 Å². The van der Waals surface area contributed by atoms with Crippen LogP contribution >= 0.6 is 0 Å². The van der Waals surface area contributed by atoms with Gasteiger partial charge in [-0.3, -0.25) is 0 Å². The topological polar surface area (TPSA) is 105 Å². The van der Waals surface area contributed by atoms with Gasteiger partial charge in [-0.1, -0.05) is 31.9 Å². The molecule has 0 aliphatic carbocycles. The summed E-state index contributed by atoms with van der Waals surface area (Å²) in [4.78, 5) is 47.4. The van der Waals surface area contributed by atoms with Crippen LogP contribution in [0.15, 0.2) is 98.6 Å². The lowest BCUT2D eigenvalue weighted by Gasteiger charge is -2.11. The molecule has 0 aliphatic heterocycles. The predicted octanol–water partition coefficient (Wildman–Crippen LogP) is 5.13. The van der Waals surface area contributed by atoms with Crippen molar-refractivity contribution in [2.75, 3.05) is 6.61 Å². The van der Waals surface area contributed by atoms with Crippen LogP contribution in [0.3, 0.4) is 0 Å². The molecule has 8 nitrogen and oxygen atoms in total. The minimum atomic E-state index is -0.604. The van der Waals surface area contributed by atoms with Crippen molar-refractivity contribution in [3.8, 4) is 17.2 Å². The Hall–Kier alpha value is -5.24. The summed E-state index contributed by atoms with van der Waals surface area (Å²) in [5.74, 6) is -1.45. The lowest BCUT2D eigenvalue weighted by Crippen LogP contribution is -2.10. The Kier molecular flexibility index (Phi) is 9.48. The molecule has 0 bridgehead atoms. The van der Waals surface area contributed by atoms with Crippen molar-refractivity contribution < 1.29 is 38.1 Å². The highest BCUT2D eigenvalue weighted by atomic mass is 16.5. The lowest BCUT2D eigenvalue weighted by atomic mass is 10.1. The van der Waals surface area contributed by atoms with Gasteiger partial charge in [-0.2, -0.15) is 0 Å². The molecule has 0 atom stereocenters. The molecule has 0 spiro atoms. The molecule has 3 rings (SSSR count). The van der Waals surface area contributed by atoms with Gasteiger partial charge in [0.1, 0.15) is 17.2 Å². The van der Waals surface area contributed by atoms with Crippen molar-refractivity contribution in [3.05, 3.63) is 121 Å². The van der Waals surface area contributed by atoms with Gasteiger partial charge in [0.25, 0.3) is 0 Å². The Morgan fingerprint density at radius 3 is 1.68 bits per heavy atom. The third-order valence-electron chi connectivity index (χ3n) is 5.07. The maximum atomic E-state index is 12.6. The molecule has 38 heavy (non-hydrogen) atoms. The molecule has 0 amide bonds. The SMILES string of the molecule is C=CC(=O)Oc1ccc(C(=O)OCCc2ccc(OC(=O)c3ccc(OC(=O)C=C)cc3)c(C=C)c2)cc1. The number of hydrogen-bond donors (Lipinski definition) is 0. The molecule has 0 saturated heterocycles. The Labute approximate surface area is 219 Å². The van der Waals surface area contributed by atoms with Gasteiger partial charge in [0.15, 0.2) is 0 Å². The van der Waals surface area contributed by atoms with E-state index in [0.29, 0.717) is 23.3 Å². The van der Waals surface area contributed by atoms with E-state index in [2.05, 4.69) is 19.7 Å². The first kappa shape index (κ1) is 27.3. The van der Waals surface area contributed by atoms with E-state index >= 15 is 0 Å². The summed E-state index contributed by atoms with van der Waals surface area (Å²) >= 11 is 0. The van der Waals surface area contributed by atoms with Crippen LogP contribution in [0.2, 0.25) is 0 Å². The van der Waals surface area contributed by atoms with Gasteiger partial charge in [-0.15, -0.1) is 0 Å². The summed E-state index contributed by atoms with van der Waals surface area (Å²) in [5, 5.41) is 0. The second-order valence-electron chi connectivity index (χ2n) is 7.65. The molecule has 0 aromatic heterocycles. The first-order valence-electron chi connectivity index (χ1n) is 11.4. The Morgan fingerprint density at radius 2 is 1.18 bits per heavy atom. The molecule has 0 radical (unpaired) electrons. The van der Waals surface area contributed by atoms with Crippen molar-refractivity contribution in [2.45, 2.75) is 6.42 Å². The van der Waals surface area contributed by atoms with E-state index in [1.165, 1.54) is 48.5 Å². The fourth-order valence-electron chi connectivity index (χ4n) is 3.14. The van der Waals surface area contributed by atoms with E-state index < -0.39 is 23.9 Å². The van der Waals surface area contributed by atoms with Crippen LogP contribution in [-0.2, 0) is 20.7 Å². The first-order chi connectivity index (χ1) is 18.3. The molecule has 0 N–H and O–H groups in total. The zero-order chi connectivity index (χ0) is 27.5. The molecule has 0 unspecified atom stereocenters. The molecule has 0 aliphatic rings. The molecule has 0 heterocycles. The molecule has 8 heteroatoms. The van der Waals surface area contributed by atoms with Crippen LogP contribution < -0.4 is 14.2 Å². The number of ether oxygens (including phenoxy) is 4. The van der Waals surface area contributed by atoms with Gasteiger partial charge < -0.3 is 18.9 Å². The van der Waals surface area contributed by atoms with Crippen LogP contribution in [0.1, 0.15) is 31.8 Å². The number of carbonyl (C=O) groups is 4. The monoisotopic (exact) mass is 512 g/mol. The van der Waals surface area contributed by atoms with Crippen LogP contribution in [-0.4, -0.2) is 30.5 Å².